The van der Waals surface area contributed by atoms with Crippen LogP contribution in [0.1, 0.15) is 30.5 Å². The predicted molar refractivity (Wildman–Crippen MR) is 82.8 cm³/mol. The second-order valence-corrected chi connectivity index (χ2v) is 6.68. The normalized spacial score (nSPS) is 19.1. The average Bonchev–Trinajstić information content (AvgIpc) is 2.96. The van der Waals surface area contributed by atoms with Crippen molar-refractivity contribution in [3.05, 3.63) is 40.5 Å². The Morgan fingerprint density at radius 3 is 3.10 bits per heavy atom. The number of hydrogen-bond donors (Lipinski definition) is 1. The lowest BCUT2D eigenvalue weighted by atomic mass is 10.00. The second-order valence-electron chi connectivity index (χ2n) is 4.81. The van der Waals surface area contributed by atoms with Crippen LogP contribution in [0.4, 0.5) is 0 Å². The van der Waals surface area contributed by atoms with Gasteiger partial charge < -0.3 is 9.84 Å². The summed E-state index contributed by atoms with van der Waals surface area (Å²) in [5.41, 5.74) is 0. The van der Waals surface area contributed by atoms with Gasteiger partial charge in [-0.25, -0.2) is 0 Å². The lowest BCUT2D eigenvalue weighted by molar-refractivity contribution is 0.320. The number of nitrogens with zero attached hydrogens (tertiary/aromatic N) is 2. The summed E-state index contributed by atoms with van der Waals surface area (Å²) in [5, 5.41) is 7.45. The highest BCUT2D eigenvalue weighted by molar-refractivity contribution is 9.10. The molecule has 6 heteroatoms. The molecule has 3 rings (SSSR count). The van der Waals surface area contributed by atoms with Crippen LogP contribution in [0.2, 0.25) is 0 Å². The molecule has 1 saturated heterocycles. The number of aromatic nitrogens is 2. The number of piperidine rings is 1. The molecule has 106 valence electrons. The Morgan fingerprint density at radius 2 is 2.30 bits per heavy atom. The van der Waals surface area contributed by atoms with E-state index in [0.717, 1.165) is 41.5 Å². The largest absolute Gasteiger partial charge is 0.339 e. The molecule has 1 aliphatic heterocycles. The van der Waals surface area contributed by atoms with Crippen LogP contribution in [0.3, 0.4) is 0 Å². The zero-order valence-corrected chi connectivity index (χ0v) is 13.4. The summed E-state index contributed by atoms with van der Waals surface area (Å²) in [5.74, 6) is 2.65. The van der Waals surface area contributed by atoms with E-state index in [1.165, 1.54) is 11.3 Å². The van der Waals surface area contributed by atoms with Gasteiger partial charge in [0.15, 0.2) is 5.82 Å². The fourth-order valence-corrected chi connectivity index (χ4v) is 3.67. The third-order valence-corrected chi connectivity index (χ3v) is 5.35. The summed E-state index contributed by atoms with van der Waals surface area (Å²) < 4.78 is 6.50. The van der Waals surface area contributed by atoms with Gasteiger partial charge in [-0.2, -0.15) is 4.98 Å². The topological polar surface area (TPSA) is 51.0 Å². The van der Waals surface area contributed by atoms with E-state index in [0.29, 0.717) is 5.92 Å². The number of thioether (sulfide) groups is 1. The van der Waals surface area contributed by atoms with E-state index in [4.69, 9.17) is 4.52 Å². The fourth-order valence-electron chi connectivity index (χ4n) is 2.26. The minimum absolute atomic E-state index is 0.374. The lowest BCUT2D eigenvalue weighted by Crippen LogP contribution is -2.28. The minimum atomic E-state index is 0.374. The molecule has 0 bridgehead atoms. The maximum Gasteiger partial charge on any atom is 0.231 e. The van der Waals surface area contributed by atoms with Crippen molar-refractivity contribution in [2.75, 3.05) is 13.1 Å². The number of hydrogen-bond acceptors (Lipinski definition) is 5. The lowest BCUT2D eigenvalue weighted by Gasteiger charge is -2.18. The van der Waals surface area contributed by atoms with Crippen molar-refractivity contribution in [1.82, 2.24) is 15.5 Å². The van der Waals surface area contributed by atoms with Gasteiger partial charge in [-0.15, -0.1) is 11.8 Å². The summed E-state index contributed by atoms with van der Waals surface area (Å²) in [7, 11) is 0. The molecule has 1 aromatic heterocycles. The Hall–Kier alpha value is -0.850. The maximum atomic E-state index is 5.40. The molecular formula is C14H16BrN3OS. The van der Waals surface area contributed by atoms with Gasteiger partial charge in [-0.1, -0.05) is 17.3 Å². The molecule has 0 aliphatic carbocycles. The van der Waals surface area contributed by atoms with E-state index in [2.05, 4.69) is 37.5 Å². The molecule has 20 heavy (non-hydrogen) atoms. The van der Waals surface area contributed by atoms with Crippen LogP contribution < -0.4 is 5.32 Å². The van der Waals surface area contributed by atoms with Crippen LogP contribution in [0.25, 0.3) is 0 Å². The van der Waals surface area contributed by atoms with Gasteiger partial charge >= 0.3 is 0 Å². The van der Waals surface area contributed by atoms with E-state index in [1.807, 2.05) is 18.2 Å². The molecule has 0 unspecified atom stereocenters. The van der Waals surface area contributed by atoms with Crippen LogP contribution >= 0.6 is 27.7 Å². The molecule has 1 aliphatic rings. The van der Waals surface area contributed by atoms with Gasteiger partial charge in [0.05, 0.1) is 11.7 Å². The summed E-state index contributed by atoms with van der Waals surface area (Å²) >= 11 is 5.26. The fraction of sp³-hybridized carbons (Fsp3) is 0.429. The monoisotopic (exact) mass is 353 g/mol. The molecule has 2 heterocycles. The molecule has 2 aromatic rings. The first-order valence-corrected chi connectivity index (χ1v) is 8.51. The van der Waals surface area contributed by atoms with Crippen molar-refractivity contribution in [3.63, 3.8) is 0 Å². The Kier molecular flexibility index (Phi) is 4.75. The van der Waals surface area contributed by atoms with Gasteiger partial charge in [-0.05, 0) is 47.4 Å². The molecule has 0 amide bonds. The van der Waals surface area contributed by atoms with E-state index < -0.39 is 0 Å². The molecule has 4 nitrogen and oxygen atoms in total. The van der Waals surface area contributed by atoms with Crippen LogP contribution in [0.5, 0.6) is 0 Å². The van der Waals surface area contributed by atoms with Crippen molar-refractivity contribution >= 4 is 27.7 Å². The van der Waals surface area contributed by atoms with Crippen LogP contribution in [0.15, 0.2) is 38.2 Å². The Morgan fingerprint density at radius 1 is 1.40 bits per heavy atom. The summed E-state index contributed by atoms with van der Waals surface area (Å²) in [6, 6.07) is 8.16. The molecular weight excluding hydrogens is 338 g/mol. The molecule has 1 fully saturated rings. The number of nitrogens with one attached hydrogen (secondary N) is 1. The zero-order chi connectivity index (χ0) is 13.8. The third-order valence-electron chi connectivity index (χ3n) is 3.32. The molecule has 0 saturated carbocycles. The van der Waals surface area contributed by atoms with Crippen molar-refractivity contribution in [2.24, 2.45) is 0 Å². The standard InChI is InChI=1S/C14H16BrN3OS/c15-11-5-1-2-6-12(11)20-9-13-17-14(19-18-13)10-4-3-7-16-8-10/h1-2,5-6,10,16H,3-4,7-9H2/t10-/m0/s1. The van der Waals surface area contributed by atoms with Gasteiger partial charge in [0, 0.05) is 15.9 Å². The Bertz CT molecular complexity index is 569. The van der Waals surface area contributed by atoms with E-state index in [1.54, 1.807) is 11.8 Å². The third kappa shape index (κ3) is 3.42. The van der Waals surface area contributed by atoms with E-state index in [-0.39, 0.29) is 0 Å². The highest BCUT2D eigenvalue weighted by atomic mass is 79.9. The van der Waals surface area contributed by atoms with Gasteiger partial charge in [-0.3, -0.25) is 0 Å². The molecule has 1 atom stereocenters. The predicted octanol–water partition coefficient (Wildman–Crippen LogP) is 3.59. The Balaban J connectivity index is 1.61. The molecule has 0 spiro atoms. The Labute approximate surface area is 130 Å². The zero-order valence-electron chi connectivity index (χ0n) is 11.0. The highest BCUT2D eigenvalue weighted by Crippen LogP contribution is 2.29. The van der Waals surface area contributed by atoms with Crippen LogP contribution in [-0.4, -0.2) is 23.2 Å². The average molecular weight is 354 g/mol. The minimum Gasteiger partial charge on any atom is -0.339 e. The van der Waals surface area contributed by atoms with Crippen LogP contribution in [0, 0.1) is 0 Å². The van der Waals surface area contributed by atoms with Crippen molar-refractivity contribution in [2.45, 2.75) is 29.4 Å². The van der Waals surface area contributed by atoms with Crippen molar-refractivity contribution < 1.29 is 4.52 Å². The number of rotatable bonds is 4. The smallest absolute Gasteiger partial charge is 0.231 e. The highest BCUT2D eigenvalue weighted by Gasteiger charge is 2.21. The van der Waals surface area contributed by atoms with E-state index in [9.17, 15) is 0 Å². The maximum absolute atomic E-state index is 5.40. The van der Waals surface area contributed by atoms with Crippen LogP contribution in [-0.2, 0) is 5.75 Å². The first-order chi connectivity index (χ1) is 9.83. The summed E-state index contributed by atoms with van der Waals surface area (Å²) in [4.78, 5) is 5.72. The second kappa shape index (κ2) is 6.74. The molecule has 1 aromatic carbocycles. The van der Waals surface area contributed by atoms with Gasteiger partial charge in [0.1, 0.15) is 0 Å². The summed E-state index contributed by atoms with van der Waals surface area (Å²) in [6.45, 7) is 2.04. The SMILES string of the molecule is Brc1ccccc1SCc1noc([C@H]2CCCNC2)n1. The first-order valence-electron chi connectivity index (χ1n) is 6.73. The van der Waals surface area contributed by atoms with E-state index >= 15 is 0 Å². The summed E-state index contributed by atoms with van der Waals surface area (Å²) in [6.07, 6.45) is 2.31. The van der Waals surface area contributed by atoms with Crippen molar-refractivity contribution in [1.29, 1.82) is 0 Å². The first kappa shape index (κ1) is 14.1. The van der Waals surface area contributed by atoms with Gasteiger partial charge in [0.25, 0.3) is 0 Å². The quantitative estimate of drug-likeness (QED) is 0.851. The number of halogens is 1. The number of benzene rings is 1. The molecule has 0 radical (unpaired) electrons. The molecule has 1 N–H and O–H groups in total. The van der Waals surface area contributed by atoms with Gasteiger partial charge in [0.2, 0.25) is 5.89 Å². The van der Waals surface area contributed by atoms with Crippen molar-refractivity contribution in [3.8, 4) is 0 Å².